The van der Waals surface area contributed by atoms with E-state index in [1.165, 1.54) is 16.7 Å². The van der Waals surface area contributed by atoms with E-state index in [0.29, 0.717) is 25.5 Å². The van der Waals surface area contributed by atoms with Crippen molar-refractivity contribution in [1.82, 2.24) is 25.1 Å². The van der Waals surface area contributed by atoms with Crippen LogP contribution in [-0.4, -0.2) is 32.2 Å². The number of aryl methyl sites for hydroxylation is 3. The highest BCUT2D eigenvalue weighted by molar-refractivity contribution is 5.92. The first kappa shape index (κ1) is 17.5. The Labute approximate surface area is 158 Å². The zero-order chi connectivity index (χ0) is 19.0. The molecule has 0 saturated heterocycles. The Bertz CT molecular complexity index is 986. The maximum atomic E-state index is 12.7. The third kappa shape index (κ3) is 3.50. The number of nitrogens with one attached hydrogen (secondary N) is 3. The van der Waals surface area contributed by atoms with E-state index in [1.54, 1.807) is 6.20 Å². The van der Waals surface area contributed by atoms with Gasteiger partial charge in [-0.2, -0.15) is 5.10 Å². The van der Waals surface area contributed by atoms with Crippen molar-refractivity contribution in [2.45, 2.75) is 33.9 Å². The average Bonchev–Trinajstić information content (AvgIpc) is 3.22. The fourth-order valence-electron chi connectivity index (χ4n) is 3.51. The first-order chi connectivity index (χ1) is 13.0. The van der Waals surface area contributed by atoms with Crippen molar-refractivity contribution >= 4 is 11.7 Å². The van der Waals surface area contributed by atoms with Gasteiger partial charge in [0.1, 0.15) is 5.82 Å². The summed E-state index contributed by atoms with van der Waals surface area (Å²) in [7, 11) is 0. The van der Waals surface area contributed by atoms with Crippen LogP contribution in [0.3, 0.4) is 0 Å². The largest absolute Gasteiger partial charge is 0.333 e. The number of hydrogen-bond donors (Lipinski definition) is 3. The average molecular weight is 364 g/mol. The van der Waals surface area contributed by atoms with E-state index >= 15 is 0 Å². The van der Waals surface area contributed by atoms with E-state index in [1.807, 2.05) is 16.8 Å². The number of anilines is 1. The molecule has 0 fully saturated rings. The Morgan fingerprint density at radius 2 is 2.00 bits per heavy atom. The van der Waals surface area contributed by atoms with Crippen LogP contribution in [0.15, 0.2) is 30.6 Å². The molecule has 7 nitrogen and oxygen atoms in total. The predicted octanol–water partition coefficient (Wildman–Crippen LogP) is 2.56. The Morgan fingerprint density at radius 1 is 1.19 bits per heavy atom. The lowest BCUT2D eigenvalue weighted by atomic mass is 9.99. The van der Waals surface area contributed by atoms with Crippen molar-refractivity contribution in [3.8, 4) is 11.3 Å². The molecule has 3 heterocycles. The molecule has 3 N–H and O–H groups in total. The lowest BCUT2D eigenvalue weighted by Crippen LogP contribution is -2.32. The number of carbonyl (C=O) groups is 1. The molecule has 27 heavy (non-hydrogen) atoms. The quantitative estimate of drug-likeness (QED) is 0.666. The van der Waals surface area contributed by atoms with Crippen LogP contribution < -0.4 is 10.6 Å². The van der Waals surface area contributed by atoms with E-state index in [2.05, 4.69) is 58.7 Å². The first-order valence-corrected chi connectivity index (χ1v) is 9.16. The number of fused-ring (bicyclic) bond motifs is 1. The second kappa shape index (κ2) is 7.00. The van der Waals surface area contributed by atoms with Crippen LogP contribution in [0.5, 0.6) is 0 Å². The number of H-pyrrole nitrogens is 1. The van der Waals surface area contributed by atoms with E-state index in [4.69, 9.17) is 0 Å². The number of benzene rings is 1. The maximum absolute atomic E-state index is 12.7. The lowest BCUT2D eigenvalue weighted by molar-refractivity contribution is -0.120. The second-order valence-corrected chi connectivity index (χ2v) is 7.23. The molecular weight excluding hydrogens is 340 g/mol. The van der Waals surface area contributed by atoms with Gasteiger partial charge in [-0.05, 0) is 43.5 Å². The Hall–Kier alpha value is -2.93. The predicted molar refractivity (Wildman–Crippen MR) is 104 cm³/mol. The summed E-state index contributed by atoms with van der Waals surface area (Å²) in [4.78, 5) is 17.0. The van der Waals surface area contributed by atoms with Gasteiger partial charge in [0, 0.05) is 37.1 Å². The van der Waals surface area contributed by atoms with Crippen LogP contribution in [0.1, 0.15) is 22.5 Å². The molecule has 1 unspecified atom stereocenters. The molecule has 1 aliphatic heterocycles. The van der Waals surface area contributed by atoms with Crippen molar-refractivity contribution in [3.63, 3.8) is 0 Å². The van der Waals surface area contributed by atoms with Gasteiger partial charge in [-0.15, -0.1) is 0 Å². The Balaban J connectivity index is 1.50. The molecule has 3 aromatic rings. The summed E-state index contributed by atoms with van der Waals surface area (Å²) in [5.74, 6) is 1.28. The molecule has 2 aromatic heterocycles. The van der Waals surface area contributed by atoms with Crippen molar-refractivity contribution in [1.29, 1.82) is 0 Å². The molecule has 0 bridgehead atoms. The summed E-state index contributed by atoms with van der Waals surface area (Å²) in [5.41, 5.74) is 5.69. The summed E-state index contributed by atoms with van der Waals surface area (Å²) in [6, 6.07) is 6.21. The van der Waals surface area contributed by atoms with E-state index in [0.717, 1.165) is 17.1 Å². The fourth-order valence-corrected chi connectivity index (χ4v) is 3.51. The van der Waals surface area contributed by atoms with Crippen LogP contribution in [0.4, 0.5) is 5.82 Å². The molecular formula is C20H24N6O. The number of aromatic nitrogens is 4. The molecule has 0 saturated carbocycles. The number of carbonyl (C=O) groups excluding carboxylic acids is 1. The van der Waals surface area contributed by atoms with Crippen molar-refractivity contribution in [3.05, 3.63) is 53.1 Å². The zero-order valence-electron chi connectivity index (χ0n) is 15.8. The van der Waals surface area contributed by atoms with E-state index < -0.39 is 0 Å². The third-order valence-electron chi connectivity index (χ3n) is 5.22. The monoisotopic (exact) mass is 364 g/mol. The molecule has 0 radical (unpaired) electrons. The fraction of sp³-hybridized carbons (Fsp3) is 0.350. The normalized spacial score (nSPS) is 16.6. The smallest absolute Gasteiger partial charge is 0.231 e. The van der Waals surface area contributed by atoms with E-state index in [-0.39, 0.29) is 11.8 Å². The third-order valence-corrected chi connectivity index (χ3v) is 5.22. The van der Waals surface area contributed by atoms with E-state index in [9.17, 15) is 4.79 Å². The number of imidazole rings is 1. The van der Waals surface area contributed by atoms with Gasteiger partial charge in [0.05, 0.1) is 18.2 Å². The van der Waals surface area contributed by atoms with Gasteiger partial charge in [0.25, 0.3) is 0 Å². The van der Waals surface area contributed by atoms with Gasteiger partial charge in [0.15, 0.2) is 5.82 Å². The SMILES string of the molecule is Cc1cc(C)c(-c2cc(NC(=O)C3CNCc4nccn4C3)n[nH]2)cc1C. The molecule has 1 amide bonds. The first-order valence-electron chi connectivity index (χ1n) is 9.16. The van der Waals surface area contributed by atoms with Gasteiger partial charge in [-0.25, -0.2) is 4.98 Å². The van der Waals surface area contributed by atoms with Crippen LogP contribution in [0.25, 0.3) is 11.3 Å². The van der Waals surface area contributed by atoms with Gasteiger partial charge in [-0.1, -0.05) is 6.07 Å². The van der Waals surface area contributed by atoms with Crippen LogP contribution in [0.2, 0.25) is 0 Å². The molecule has 1 atom stereocenters. The number of amides is 1. The number of nitrogens with zero attached hydrogens (tertiary/aromatic N) is 3. The minimum Gasteiger partial charge on any atom is -0.333 e. The van der Waals surface area contributed by atoms with Gasteiger partial charge in [0.2, 0.25) is 5.91 Å². The summed E-state index contributed by atoms with van der Waals surface area (Å²) < 4.78 is 2.03. The summed E-state index contributed by atoms with van der Waals surface area (Å²) >= 11 is 0. The Morgan fingerprint density at radius 3 is 2.85 bits per heavy atom. The second-order valence-electron chi connectivity index (χ2n) is 7.23. The zero-order valence-corrected chi connectivity index (χ0v) is 15.8. The summed E-state index contributed by atoms with van der Waals surface area (Å²) in [5, 5.41) is 13.6. The lowest BCUT2D eigenvalue weighted by Gasteiger charge is -2.14. The summed E-state index contributed by atoms with van der Waals surface area (Å²) in [6.07, 6.45) is 3.68. The Kier molecular flexibility index (Phi) is 4.53. The topological polar surface area (TPSA) is 87.6 Å². The molecule has 140 valence electrons. The molecule has 1 aromatic carbocycles. The molecule has 4 rings (SSSR count). The van der Waals surface area contributed by atoms with Crippen molar-refractivity contribution < 1.29 is 4.79 Å². The number of aromatic amines is 1. The summed E-state index contributed by atoms with van der Waals surface area (Å²) in [6.45, 7) is 8.19. The van der Waals surface area contributed by atoms with Crippen LogP contribution in [0, 0.1) is 26.7 Å². The minimum absolute atomic E-state index is 0.0427. The molecule has 1 aliphatic rings. The minimum atomic E-state index is -0.177. The number of hydrogen-bond acceptors (Lipinski definition) is 4. The molecule has 7 heteroatoms. The maximum Gasteiger partial charge on any atom is 0.231 e. The van der Waals surface area contributed by atoms with Gasteiger partial charge < -0.3 is 15.2 Å². The van der Waals surface area contributed by atoms with Crippen molar-refractivity contribution in [2.24, 2.45) is 5.92 Å². The highest BCUT2D eigenvalue weighted by Gasteiger charge is 2.23. The van der Waals surface area contributed by atoms with Crippen LogP contribution >= 0.6 is 0 Å². The van der Waals surface area contributed by atoms with Gasteiger partial charge in [-0.3, -0.25) is 9.89 Å². The highest BCUT2D eigenvalue weighted by Crippen LogP contribution is 2.26. The highest BCUT2D eigenvalue weighted by atomic mass is 16.2. The van der Waals surface area contributed by atoms with Crippen molar-refractivity contribution in [2.75, 3.05) is 11.9 Å². The van der Waals surface area contributed by atoms with Gasteiger partial charge >= 0.3 is 0 Å². The molecule has 0 spiro atoms. The molecule has 0 aliphatic carbocycles. The van der Waals surface area contributed by atoms with Crippen LogP contribution in [-0.2, 0) is 17.9 Å². The number of rotatable bonds is 3. The standard InChI is InChI=1S/C20H24N6O/c1-12-6-14(3)16(7-13(12)2)17-8-18(25-24-17)23-20(27)15-9-21-10-19-22-4-5-26(19)11-15/h4-8,15,21H,9-11H2,1-3H3,(H2,23,24,25,27).